The fourth-order valence-electron chi connectivity index (χ4n) is 3.18. The molecule has 0 aliphatic rings. The van der Waals surface area contributed by atoms with Crippen LogP contribution >= 0.6 is 0 Å². The number of aryl methyl sites for hydroxylation is 2. The standard InChI is InChI=1S/C23H32N2O5S/c1-15(2)30-21-11-9-19(13-22(21)29-6)14-24-23(26)18(5)25(31(7,27)28)20-10-8-16(3)17(4)12-20/h8-13,15,18H,14H2,1-7H3,(H,24,26)/t18-/m0/s1. The molecule has 0 spiro atoms. The summed E-state index contributed by atoms with van der Waals surface area (Å²) in [6.07, 6.45) is 1.11. The van der Waals surface area contributed by atoms with Crippen molar-refractivity contribution in [2.45, 2.75) is 53.3 Å². The van der Waals surface area contributed by atoms with Gasteiger partial charge in [-0.15, -0.1) is 0 Å². The molecular weight excluding hydrogens is 416 g/mol. The Labute approximate surface area is 185 Å². The summed E-state index contributed by atoms with van der Waals surface area (Å²) in [6, 6.07) is 9.84. The monoisotopic (exact) mass is 448 g/mol. The van der Waals surface area contributed by atoms with Gasteiger partial charge in [-0.05, 0) is 75.6 Å². The van der Waals surface area contributed by atoms with E-state index >= 15 is 0 Å². The topological polar surface area (TPSA) is 84.9 Å². The molecule has 0 unspecified atom stereocenters. The fraction of sp³-hybridized carbons (Fsp3) is 0.435. The Morgan fingerprint density at radius 1 is 1.03 bits per heavy atom. The van der Waals surface area contributed by atoms with E-state index in [4.69, 9.17) is 9.47 Å². The van der Waals surface area contributed by atoms with Crippen LogP contribution in [0.15, 0.2) is 36.4 Å². The van der Waals surface area contributed by atoms with E-state index in [1.165, 1.54) is 0 Å². The quantitative estimate of drug-likeness (QED) is 0.634. The first kappa shape index (κ1) is 24.5. The molecule has 0 saturated heterocycles. The maximum atomic E-state index is 12.8. The summed E-state index contributed by atoms with van der Waals surface area (Å²) in [5.41, 5.74) is 3.28. The molecule has 0 saturated carbocycles. The van der Waals surface area contributed by atoms with Gasteiger partial charge in [-0.25, -0.2) is 8.42 Å². The van der Waals surface area contributed by atoms with Crippen molar-refractivity contribution < 1.29 is 22.7 Å². The summed E-state index contributed by atoms with van der Waals surface area (Å²) in [7, 11) is -2.11. The van der Waals surface area contributed by atoms with Gasteiger partial charge in [0.2, 0.25) is 15.9 Å². The van der Waals surface area contributed by atoms with Crippen molar-refractivity contribution in [3.8, 4) is 11.5 Å². The molecule has 0 fully saturated rings. The molecule has 2 rings (SSSR count). The summed E-state index contributed by atoms with van der Waals surface area (Å²) in [5.74, 6) is 0.797. The Kier molecular flexibility index (Phi) is 7.95. The Balaban J connectivity index is 2.18. The largest absolute Gasteiger partial charge is 0.493 e. The third-order valence-corrected chi connectivity index (χ3v) is 6.13. The number of rotatable bonds is 9. The predicted molar refractivity (Wildman–Crippen MR) is 123 cm³/mol. The molecule has 0 aliphatic carbocycles. The van der Waals surface area contributed by atoms with E-state index in [0.29, 0.717) is 17.2 Å². The van der Waals surface area contributed by atoms with E-state index in [1.807, 2.05) is 39.8 Å². The fourth-order valence-corrected chi connectivity index (χ4v) is 4.35. The number of benzene rings is 2. The van der Waals surface area contributed by atoms with Gasteiger partial charge in [0.15, 0.2) is 11.5 Å². The van der Waals surface area contributed by atoms with E-state index in [1.54, 1.807) is 38.3 Å². The maximum absolute atomic E-state index is 12.8. The van der Waals surface area contributed by atoms with Crippen LogP contribution in [0.5, 0.6) is 11.5 Å². The van der Waals surface area contributed by atoms with Crippen molar-refractivity contribution in [2.24, 2.45) is 0 Å². The molecule has 0 aromatic heterocycles. The van der Waals surface area contributed by atoms with Crippen molar-refractivity contribution in [3.63, 3.8) is 0 Å². The van der Waals surface area contributed by atoms with Crippen LogP contribution in [0.4, 0.5) is 5.69 Å². The third-order valence-electron chi connectivity index (χ3n) is 4.89. The second-order valence-corrected chi connectivity index (χ2v) is 9.73. The molecule has 0 heterocycles. The number of anilines is 1. The van der Waals surface area contributed by atoms with Crippen molar-refractivity contribution in [3.05, 3.63) is 53.1 Å². The molecule has 8 heteroatoms. The number of hydrogen-bond acceptors (Lipinski definition) is 5. The van der Waals surface area contributed by atoms with Crippen LogP contribution in [0.1, 0.15) is 37.5 Å². The van der Waals surface area contributed by atoms with E-state index in [0.717, 1.165) is 27.3 Å². The van der Waals surface area contributed by atoms with E-state index in [2.05, 4.69) is 5.32 Å². The van der Waals surface area contributed by atoms with Crippen LogP contribution < -0.4 is 19.1 Å². The van der Waals surface area contributed by atoms with Gasteiger partial charge >= 0.3 is 0 Å². The highest BCUT2D eigenvalue weighted by Crippen LogP contribution is 2.29. The van der Waals surface area contributed by atoms with Crippen LogP contribution in [0.3, 0.4) is 0 Å². The van der Waals surface area contributed by atoms with Gasteiger partial charge in [0, 0.05) is 6.54 Å². The summed E-state index contributed by atoms with van der Waals surface area (Å²) in [6.45, 7) is 9.52. The minimum absolute atomic E-state index is 0.00712. The first-order chi connectivity index (χ1) is 14.4. The zero-order chi connectivity index (χ0) is 23.3. The molecule has 0 aliphatic heterocycles. The summed E-state index contributed by atoms with van der Waals surface area (Å²) in [4.78, 5) is 12.8. The molecule has 1 amide bonds. The first-order valence-electron chi connectivity index (χ1n) is 10.1. The van der Waals surface area contributed by atoms with Gasteiger partial charge in [-0.2, -0.15) is 0 Å². The zero-order valence-electron chi connectivity index (χ0n) is 19.2. The molecule has 1 N–H and O–H groups in total. The minimum atomic E-state index is -3.67. The number of sulfonamides is 1. The van der Waals surface area contributed by atoms with Crippen LogP contribution in [0.2, 0.25) is 0 Å². The smallest absolute Gasteiger partial charge is 0.243 e. The van der Waals surface area contributed by atoms with Gasteiger partial charge in [0.05, 0.1) is 25.2 Å². The number of carbonyl (C=O) groups is 1. The predicted octanol–water partition coefficient (Wildman–Crippen LogP) is 3.57. The molecule has 0 bridgehead atoms. The second-order valence-electron chi connectivity index (χ2n) is 7.87. The van der Waals surface area contributed by atoms with Gasteiger partial charge < -0.3 is 14.8 Å². The summed E-state index contributed by atoms with van der Waals surface area (Å²) >= 11 is 0. The second kappa shape index (κ2) is 10.0. The number of nitrogens with zero attached hydrogens (tertiary/aromatic N) is 1. The molecule has 170 valence electrons. The van der Waals surface area contributed by atoms with E-state index in [-0.39, 0.29) is 12.6 Å². The average Bonchev–Trinajstić information content (AvgIpc) is 2.68. The van der Waals surface area contributed by atoms with Gasteiger partial charge in [0.25, 0.3) is 0 Å². The number of hydrogen-bond donors (Lipinski definition) is 1. The highest BCUT2D eigenvalue weighted by Gasteiger charge is 2.29. The highest BCUT2D eigenvalue weighted by molar-refractivity contribution is 7.92. The third kappa shape index (κ3) is 6.37. The normalized spacial score (nSPS) is 12.4. The number of amides is 1. The van der Waals surface area contributed by atoms with Crippen molar-refractivity contribution in [2.75, 3.05) is 17.7 Å². The van der Waals surface area contributed by atoms with Crippen molar-refractivity contribution in [1.29, 1.82) is 0 Å². The van der Waals surface area contributed by atoms with Crippen molar-refractivity contribution >= 4 is 21.6 Å². The van der Waals surface area contributed by atoms with Crippen LogP contribution in [0, 0.1) is 13.8 Å². The first-order valence-corrected chi connectivity index (χ1v) is 12.0. The van der Waals surface area contributed by atoms with E-state index in [9.17, 15) is 13.2 Å². The molecule has 2 aromatic carbocycles. The van der Waals surface area contributed by atoms with E-state index < -0.39 is 22.0 Å². The van der Waals surface area contributed by atoms with Gasteiger partial charge in [-0.1, -0.05) is 12.1 Å². The lowest BCUT2D eigenvalue weighted by Crippen LogP contribution is -2.47. The van der Waals surface area contributed by atoms with Crippen LogP contribution in [-0.4, -0.2) is 39.8 Å². The van der Waals surface area contributed by atoms with Gasteiger partial charge in [0.1, 0.15) is 6.04 Å². The number of methoxy groups -OCH3 is 1. The molecule has 1 atom stereocenters. The Morgan fingerprint density at radius 3 is 2.26 bits per heavy atom. The van der Waals surface area contributed by atoms with Crippen LogP contribution in [-0.2, 0) is 21.4 Å². The van der Waals surface area contributed by atoms with Crippen molar-refractivity contribution in [1.82, 2.24) is 5.32 Å². The molecule has 7 nitrogen and oxygen atoms in total. The lowest BCUT2D eigenvalue weighted by atomic mass is 10.1. The average molecular weight is 449 g/mol. The Morgan fingerprint density at radius 2 is 1.71 bits per heavy atom. The SMILES string of the molecule is COc1cc(CNC(=O)[C@H](C)N(c2ccc(C)c(C)c2)S(C)(=O)=O)ccc1OC(C)C. The lowest BCUT2D eigenvalue weighted by molar-refractivity contribution is -0.122. The minimum Gasteiger partial charge on any atom is -0.493 e. The Bertz CT molecular complexity index is 1030. The molecular formula is C23H32N2O5S. The summed E-state index contributed by atoms with van der Waals surface area (Å²) in [5, 5.41) is 2.82. The molecule has 2 aromatic rings. The number of carbonyl (C=O) groups excluding carboxylic acids is 1. The lowest BCUT2D eigenvalue weighted by Gasteiger charge is -2.28. The van der Waals surface area contributed by atoms with Crippen LogP contribution in [0.25, 0.3) is 0 Å². The molecule has 0 radical (unpaired) electrons. The number of ether oxygens (including phenoxy) is 2. The summed E-state index contributed by atoms with van der Waals surface area (Å²) < 4.78 is 37.2. The zero-order valence-corrected chi connectivity index (χ0v) is 20.0. The Hall–Kier alpha value is -2.74. The molecule has 31 heavy (non-hydrogen) atoms. The number of nitrogens with one attached hydrogen (secondary N) is 1. The maximum Gasteiger partial charge on any atom is 0.243 e. The van der Waals surface area contributed by atoms with Gasteiger partial charge in [-0.3, -0.25) is 9.10 Å². The highest BCUT2D eigenvalue weighted by atomic mass is 32.2.